The summed E-state index contributed by atoms with van der Waals surface area (Å²) < 4.78 is 17.0. The van der Waals surface area contributed by atoms with E-state index in [1.165, 1.54) is 250 Å². The van der Waals surface area contributed by atoms with Crippen molar-refractivity contribution in [3.05, 3.63) is 72.9 Å². The molecule has 0 amide bonds. The molecule has 0 aromatic rings. The fourth-order valence-corrected chi connectivity index (χ4v) is 10.8. The van der Waals surface area contributed by atoms with Gasteiger partial charge in [-0.3, -0.25) is 14.4 Å². The Morgan fingerprint density at radius 1 is 0.253 bits per heavy atom. The van der Waals surface area contributed by atoms with Gasteiger partial charge in [-0.1, -0.05) is 344 Å². The van der Waals surface area contributed by atoms with Crippen molar-refractivity contribution in [2.45, 2.75) is 386 Å². The molecule has 0 saturated carbocycles. The molecular weight excluding hydrogens is 1020 g/mol. The van der Waals surface area contributed by atoms with E-state index in [1.54, 1.807) is 0 Å². The zero-order valence-corrected chi connectivity index (χ0v) is 55.5. The lowest BCUT2D eigenvalue weighted by Crippen LogP contribution is -2.30. The van der Waals surface area contributed by atoms with Crippen LogP contribution in [0.25, 0.3) is 0 Å². The standard InChI is InChI=1S/C77H138O6/c1-4-7-10-13-16-19-22-25-28-31-33-34-35-36-37-38-39-40-41-42-44-46-49-52-55-58-61-64-67-70-76(79)82-73-74(72-81-75(78)69-66-63-60-57-54-51-48-45-30-27-24-21-18-15-12-9-6-3)83-77(80)71-68-65-62-59-56-53-50-47-43-32-29-26-23-20-17-14-11-8-5-2/h7,10,16-17,19-20,25-26,28-29,33-34,74H,4-6,8-9,11-15,18,21-24,27,30-32,35-73H2,1-3H3/b10-7-,19-16-,20-17-,28-25-,29-26-,34-33-. The fraction of sp³-hybridized carbons (Fsp3) is 0.805. The van der Waals surface area contributed by atoms with E-state index < -0.39 is 6.10 Å². The molecule has 482 valence electrons. The van der Waals surface area contributed by atoms with Gasteiger partial charge in [0.2, 0.25) is 0 Å². The lowest BCUT2D eigenvalue weighted by molar-refractivity contribution is -0.167. The molecule has 0 aliphatic heterocycles. The van der Waals surface area contributed by atoms with Crippen LogP contribution in [-0.2, 0) is 28.6 Å². The normalized spacial score (nSPS) is 12.5. The molecule has 6 heteroatoms. The number of allylic oxidation sites excluding steroid dienone is 12. The molecular formula is C77H138O6. The first-order valence-corrected chi connectivity index (χ1v) is 36.4. The van der Waals surface area contributed by atoms with Crippen molar-refractivity contribution in [3.8, 4) is 0 Å². The van der Waals surface area contributed by atoms with Crippen molar-refractivity contribution in [1.29, 1.82) is 0 Å². The molecule has 6 nitrogen and oxygen atoms in total. The maximum absolute atomic E-state index is 13.0. The highest BCUT2D eigenvalue weighted by atomic mass is 16.6. The highest BCUT2D eigenvalue weighted by Gasteiger charge is 2.19. The first-order valence-electron chi connectivity index (χ1n) is 36.4. The first kappa shape index (κ1) is 79.8. The predicted molar refractivity (Wildman–Crippen MR) is 362 cm³/mol. The lowest BCUT2D eigenvalue weighted by atomic mass is 10.0. The van der Waals surface area contributed by atoms with E-state index in [0.717, 1.165) is 89.9 Å². The topological polar surface area (TPSA) is 78.9 Å². The van der Waals surface area contributed by atoms with Crippen LogP contribution in [0.2, 0.25) is 0 Å². The average Bonchev–Trinajstić information content (AvgIpc) is 3.49. The van der Waals surface area contributed by atoms with Crippen molar-refractivity contribution < 1.29 is 28.6 Å². The van der Waals surface area contributed by atoms with Crippen molar-refractivity contribution in [1.82, 2.24) is 0 Å². The van der Waals surface area contributed by atoms with Gasteiger partial charge in [-0.15, -0.1) is 0 Å². The van der Waals surface area contributed by atoms with Crippen LogP contribution in [0.4, 0.5) is 0 Å². The molecule has 0 aliphatic rings. The SMILES string of the molecule is CC/C=C\C/C=C\C/C=C\C/C=C\CCCCCCCCCCCCCCCCCCC(=O)OCC(COC(=O)CCCCCCCCCCCCCCCCCCC)OC(=O)CCCCCCCCCCC/C=C\C/C=C\CCCCC. The number of hydrogen-bond acceptors (Lipinski definition) is 6. The summed E-state index contributed by atoms with van der Waals surface area (Å²) in [4.78, 5) is 38.5. The van der Waals surface area contributed by atoms with Gasteiger partial charge in [0.05, 0.1) is 0 Å². The number of esters is 3. The minimum atomic E-state index is -0.777. The Morgan fingerprint density at radius 3 is 0.759 bits per heavy atom. The Labute approximate surface area is 516 Å². The smallest absolute Gasteiger partial charge is 0.306 e. The number of ether oxygens (including phenoxy) is 3. The van der Waals surface area contributed by atoms with Gasteiger partial charge in [0.25, 0.3) is 0 Å². The van der Waals surface area contributed by atoms with Crippen LogP contribution in [0.15, 0.2) is 72.9 Å². The summed E-state index contributed by atoms with van der Waals surface area (Å²) in [5.41, 5.74) is 0. The second-order valence-corrected chi connectivity index (χ2v) is 24.5. The number of hydrogen-bond donors (Lipinski definition) is 0. The van der Waals surface area contributed by atoms with Gasteiger partial charge in [0, 0.05) is 19.3 Å². The molecule has 0 spiro atoms. The second kappa shape index (κ2) is 71.3. The molecule has 0 rings (SSSR count). The van der Waals surface area contributed by atoms with Gasteiger partial charge in [-0.25, -0.2) is 0 Å². The minimum absolute atomic E-state index is 0.0712. The molecule has 0 fully saturated rings. The zero-order valence-electron chi connectivity index (χ0n) is 55.5. The van der Waals surface area contributed by atoms with Gasteiger partial charge < -0.3 is 14.2 Å². The average molecular weight is 1160 g/mol. The fourth-order valence-electron chi connectivity index (χ4n) is 10.8. The van der Waals surface area contributed by atoms with E-state index in [4.69, 9.17) is 14.2 Å². The van der Waals surface area contributed by atoms with Gasteiger partial charge in [-0.2, -0.15) is 0 Å². The largest absolute Gasteiger partial charge is 0.462 e. The summed E-state index contributed by atoms with van der Waals surface area (Å²) in [5, 5.41) is 0. The van der Waals surface area contributed by atoms with Crippen molar-refractivity contribution in [2.75, 3.05) is 13.2 Å². The molecule has 1 unspecified atom stereocenters. The number of rotatable bonds is 67. The van der Waals surface area contributed by atoms with Gasteiger partial charge in [-0.05, 0) is 89.9 Å². The highest BCUT2D eigenvalue weighted by Crippen LogP contribution is 2.18. The third kappa shape index (κ3) is 69.5. The van der Waals surface area contributed by atoms with Crippen LogP contribution in [0.5, 0.6) is 0 Å². The summed E-state index contributed by atoms with van der Waals surface area (Å²) in [5.74, 6) is -0.849. The Balaban J connectivity index is 4.26. The molecule has 0 bridgehead atoms. The van der Waals surface area contributed by atoms with Gasteiger partial charge in [0.15, 0.2) is 6.10 Å². The Hall–Kier alpha value is -3.15. The number of carbonyl (C=O) groups excluding carboxylic acids is 3. The maximum Gasteiger partial charge on any atom is 0.306 e. The summed E-state index contributed by atoms with van der Waals surface area (Å²) in [6.07, 6.45) is 93.6. The van der Waals surface area contributed by atoms with Gasteiger partial charge >= 0.3 is 17.9 Å². The number of carbonyl (C=O) groups is 3. The van der Waals surface area contributed by atoms with E-state index in [9.17, 15) is 14.4 Å². The summed E-state index contributed by atoms with van der Waals surface area (Å²) in [7, 11) is 0. The third-order valence-corrected chi connectivity index (χ3v) is 16.2. The molecule has 1 atom stereocenters. The monoisotopic (exact) mass is 1160 g/mol. The second-order valence-electron chi connectivity index (χ2n) is 24.5. The molecule has 0 aromatic heterocycles. The molecule has 0 aliphatic carbocycles. The highest BCUT2D eigenvalue weighted by molar-refractivity contribution is 5.71. The molecule has 0 saturated heterocycles. The van der Waals surface area contributed by atoms with Crippen molar-refractivity contribution in [2.24, 2.45) is 0 Å². The third-order valence-electron chi connectivity index (χ3n) is 16.2. The van der Waals surface area contributed by atoms with Crippen LogP contribution in [-0.4, -0.2) is 37.2 Å². The van der Waals surface area contributed by atoms with E-state index in [1.807, 2.05) is 0 Å². The first-order chi connectivity index (χ1) is 41.0. The van der Waals surface area contributed by atoms with Crippen LogP contribution >= 0.6 is 0 Å². The van der Waals surface area contributed by atoms with E-state index in [0.29, 0.717) is 19.3 Å². The van der Waals surface area contributed by atoms with E-state index in [2.05, 4.69) is 93.7 Å². The molecule has 0 N–H and O–H groups in total. The number of unbranched alkanes of at least 4 members (excludes halogenated alkanes) is 44. The predicted octanol–water partition coefficient (Wildman–Crippen LogP) is 25.2. The minimum Gasteiger partial charge on any atom is -0.462 e. The van der Waals surface area contributed by atoms with Crippen LogP contribution in [0, 0.1) is 0 Å². The Morgan fingerprint density at radius 2 is 0.470 bits per heavy atom. The summed E-state index contributed by atoms with van der Waals surface area (Å²) in [6.45, 7) is 6.57. The lowest BCUT2D eigenvalue weighted by Gasteiger charge is -2.18. The summed E-state index contributed by atoms with van der Waals surface area (Å²) >= 11 is 0. The van der Waals surface area contributed by atoms with Crippen LogP contribution < -0.4 is 0 Å². The summed E-state index contributed by atoms with van der Waals surface area (Å²) in [6, 6.07) is 0. The quantitative estimate of drug-likeness (QED) is 0.0261. The van der Waals surface area contributed by atoms with Crippen molar-refractivity contribution in [3.63, 3.8) is 0 Å². The van der Waals surface area contributed by atoms with Gasteiger partial charge in [0.1, 0.15) is 13.2 Å². The maximum atomic E-state index is 13.0. The zero-order chi connectivity index (χ0) is 59.9. The Bertz CT molecular complexity index is 1520. The van der Waals surface area contributed by atoms with E-state index >= 15 is 0 Å². The molecule has 0 radical (unpaired) electrons. The molecule has 83 heavy (non-hydrogen) atoms. The van der Waals surface area contributed by atoms with E-state index in [-0.39, 0.29) is 31.1 Å². The van der Waals surface area contributed by atoms with Crippen LogP contribution in [0.3, 0.4) is 0 Å². The van der Waals surface area contributed by atoms with Crippen LogP contribution in [0.1, 0.15) is 380 Å². The molecule has 0 aromatic carbocycles. The Kier molecular flexibility index (Phi) is 68.6. The van der Waals surface area contributed by atoms with Crippen molar-refractivity contribution >= 4 is 17.9 Å². The molecule has 0 heterocycles.